The fourth-order valence-corrected chi connectivity index (χ4v) is 3.82. The average Bonchev–Trinajstić information content (AvgIpc) is 2.71. The number of ether oxygens (including phenoxy) is 1. The number of hydrogen-bond donors (Lipinski definition) is 1. The zero-order chi connectivity index (χ0) is 22.3. The van der Waals surface area contributed by atoms with Crippen molar-refractivity contribution in [3.05, 3.63) is 70.1 Å². The second-order valence-electron chi connectivity index (χ2n) is 6.68. The molecule has 0 aliphatic heterocycles. The summed E-state index contributed by atoms with van der Waals surface area (Å²) >= 11 is 0. The van der Waals surface area contributed by atoms with Crippen molar-refractivity contribution in [3.63, 3.8) is 0 Å². The number of primary sulfonamides is 1. The van der Waals surface area contributed by atoms with Gasteiger partial charge in [-0.3, -0.25) is 4.79 Å². The quantitative estimate of drug-likeness (QED) is 0.470. The molecule has 0 saturated carbocycles. The van der Waals surface area contributed by atoms with Gasteiger partial charge in [0.25, 0.3) is 5.56 Å². The van der Waals surface area contributed by atoms with Crippen LogP contribution in [0.1, 0.15) is 12.5 Å². The van der Waals surface area contributed by atoms with Crippen LogP contribution in [0.2, 0.25) is 0 Å². The first-order chi connectivity index (χ1) is 14.7. The van der Waals surface area contributed by atoms with E-state index in [1.807, 2.05) is 6.92 Å². The lowest BCUT2D eigenvalue weighted by molar-refractivity contribution is 0.328. The Balaban J connectivity index is 1.94. The number of halogens is 2. The Morgan fingerprint density at radius 3 is 2.48 bits per heavy atom. The molecule has 0 spiro atoms. The highest BCUT2D eigenvalue weighted by Crippen LogP contribution is 2.25. The van der Waals surface area contributed by atoms with E-state index in [4.69, 9.17) is 9.88 Å². The first-order valence-electron chi connectivity index (χ1n) is 9.12. The number of pyridine rings is 3. The van der Waals surface area contributed by atoms with Crippen LogP contribution in [0, 0.1) is 11.6 Å². The zero-order valence-corrected chi connectivity index (χ0v) is 17.0. The summed E-state index contributed by atoms with van der Waals surface area (Å²) in [4.78, 5) is 20.5. The van der Waals surface area contributed by atoms with Crippen molar-refractivity contribution >= 4 is 32.0 Å². The number of nitrogens with zero attached hydrogens (tertiary/aromatic N) is 3. The lowest BCUT2D eigenvalue weighted by Crippen LogP contribution is -2.22. The van der Waals surface area contributed by atoms with Crippen molar-refractivity contribution in [2.45, 2.75) is 18.4 Å². The number of rotatable bonds is 5. The van der Waals surface area contributed by atoms with Gasteiger partial charge < -0.3 is 9.30 Å². The van der Waals surface area contributed by atoms with Crippen LogP contribution in [-0.2, 0) is 16.6 Å². The molecule has 2 N–H and O–H groups in total. The van der Waals surface area contributed by atoms with Gasteiger partial charge in [-0.25, -0.2) is 27.3 Å². The summed E-state index contributed by atoms with van der Waals surface area (Å²) in [5, 5.41) is 5.99. The molecule has 0 aliphatic carbocycles. The third-order valence-corrected chi connectivity index (χ3v) is 5.59. The van der Waals surface area contributed by atoms with E-state index in [1.54, 1.807) is 18.2 Å². The lowest BCUT2D eigenvalue weighted by atomic mass is 10.1. The van der Waals surface area contributed by atoms with Crippen LogP contribution < -0.4 is 15.4 Å². The second kappa shape index (κ2) is 7.67. The first-order valence-corrected chi connectivity index (χ1v) is 10.7. The monoisotopic (exact) mass is 446 g/mol. The molecule has 0 unspecified atom stereocenters. The van der Waals surface area contributed by atoms with E-state index in [-0.39, 0.29) is 0 Å². The normalized spacial score (nSPS) is 11.9. The predicted octanol–water partition coefficient (Wildman–Crippen LogP) is 2.32. The maximum atomic E-state index is 14.6. The average molecular weight is 446 g/mol. The Morgan fingerprint density at radius 2 is 1.84 bits per heavy atom. The largest absolute Gasteiger partial charge is 0.478 e. The van der Waals surface area contributed by atoms with Crippen LogP contribution in [-0.4, -0.2) is 29.6 Å². The molecular weight excluding hydrogens is 430 g/mol. The summed E-state index contributed by atoms with van der Waals surface area (Å²) in [6, 6.07) is 7.32. The molecule has 0 amide bonds. The van der Waals surface area contributed by atoms with Gasteiger partial charge in [-0.15, -0.1) is 0 Å². The van der Waals surface area contributed by atoms with E-state index < -0.39 is 44.2 Å². The van der Waals surface area contributed by atoms with E-state index >= 15 is 0 Å². The molecule has 3 heterocycles. The van der Waals surface area contributed by atoms with Crippen molar-refractivity contribution < 1.29 is 21.9 Å². The van der Waals surface area contributed by atoms with Crippen molar-refractivity contribution in [1.82, 2.24) is 14.5 Å². The number of benzene rings is 1. The van der Waals surface area contributed by atoms with Gasteiger partial charge in [0, 0.05) is 34.7 Å². The fraction of sp³-hybridized carbons (Fsp3) is 0.150. The summed E-state index contributed by atoms with van der Waals surface area (Å²) in [7, 11) is -4.29. The third-order valence-electron chi connectivity index (χ3n) is 4.70. The zero-order valence-electron chi connectivity index (χ0n) is 16.2. The van der Waals surface area contributed by atoms with Crippen LogP contribution in [0.25, 0.3) is 21.9 Å². The minimum absolute atomic E-state index is 0.295. The molecule has 3 aromatic heterocycles. The molecule has 11 heteroatoms. The van der Waals surface area contributed by atoms with Crippen LogP contribution in [0.15, 0.2) is 52.3 Å². The summed E-state index contributed by atoms with van der Waals surface area (Å²) < 4.78 is 58.6. The van der Waals surface area contributed by atoms with E-state index in [9.17, 15) is 22.0 Å². The molecule has 8 nitrogen and oxygen atoms in total. The molecule has 31 heavy (non-hydrogen) atoms. The maximum Gasteiger partial charge on any atom is 0.251 e. The van der Waals surface area contributed by atoms with Crippen molar-refractivity contribution in [2.24, 2.45) is 5.14 Å². The first kappa shape index (κ1) is 20.8. The SMILES string of the molecule is CCOc1ccc2c(ncc3ccc(=O)n(Cc4c(F)cc(S(N)(=O)=O)cc4F)c32)n1. The Kier molecular flexibility index (Phi) is 5.15. The van der Waals surface area contributed by atoms with Crippen molar-refractivity contribution in [2.75, 3.05) is 6.61 Å². The highest BCUT2D eigenvalue weighted by Gasteiger charge is 2.19. The number of aromatic nitrogens is 3. The Hall–Kier alpha value is -3.44. The van der Waals surface area contributed by atoms with Gasteiger partial charge >= 0.3 is 0 Å². The van der Waals surface area contributed by atoms with E-state index in [1.165, 1.54) is 16.8 Å². The van der Waals surface area contributed by atoms with Crippen LogP contribution >= 0.6 is 0 Å². The topological polar surface area (TPSA) is 117 Å². The fourth-order valence-electron chi connectivity index (χ4n) is 3.28. The van der Waals surface area contributed by atoms with Gasteiger partial charge in [0.1, 0.15) is 11.6 Å². The van der Waals surface area contributed by atoms with Crippen LogP contribution in [0.3, 0.4) is 0 Å². The van der Waals surface area contributed by atoms with Crippen molar-refractivity contribution in [3.8, 4) is 5.88 Å². The van der Waals surface area contributed by atoms with Gasteiger partial charge in [-0.2, -0.15) is 4.98 Å². The molecule has 4 rings (SSSR count). The Bertz CT molecular complexity index is 1480. The van der Waals surface area contributed by atoms with Gasteiger partial charge in [-0.1, -0.05) is 0 Å². The molecule has 0 fully saturated rings. The Morgan fingerprint density at radius 1 is 1.13 bits per heavy atom. The molecule has 1 aromatic carbocycles. The number of hydrogen-bond acceptors (Lipinski definition) is 6. The number of sulfonamides is 1. The minimum Gasteiger partial charge on any atom is -0.478 e. The molecule has 160 valence electrons. The molecule has 0 atom stereocenters. The number of nitrogens with two attached hydrogens (primary N) is 1. The predicted molar refractivity (Wildman–Crippen MR) is 109 cm³/mol. The molecule has 0 radical (unpaired) electrons. The second-order valence-corrected chi connectivity index (χ2v) is 8.25. The van der Waals surface area contributed by atoms with Gasteiger partial charge in [-0.05, 0) is 31.2 Å². The van der Waals surface area contributed by atoms with E-state index in [2.05, 4.69) is 9.97 Å². The minimum atomic E-state index is -4.29. The lowest BCUT2D eigenvalue weighted by Gasteiger charge is -2.14. The van der Waals surface area contributed by atoms with Gasteiger partial charge in [0.2, 0.25) is 15.9 Å². The summed E-state index contributed by atoms with van der Waals surface area (Å²) in [6.07, 6.45) is 1.49. The van der Waals surface area contributed by atoms with Crippen molar-refractivity contribution in [1.29, 1.82) is 0 Å². The maximum absolute atomic E-state index is 14.6. The van der Waals surface area contributed by atoms with E-state index in [0.29, 0.717) is 46.6 Å². The molecule has 0 bridgehead atoms. The highest BCUT2D eigenvalue weighted by molar-refractivity contribution is 7.89. The Labute approximate surface area is 175 Å². The summed E-state index contributed by atoms with van der Waals surface area (Å²) in [5.41, 5.74) is -0.320. The number of fused-ring (bicyclic) bond motifs is 3. The van der Waals surface area contributed by atoms with E-state index in [0.717, 1.165) is 0 Å². The molecule has 0 aliphatic rings. The molecule has 0 saturated heterocycles. The summed E-state index contributed by atoms with van der Waals surface area (Å²) in [6.45, 7) is 1.73. The van der Waals surface area contributed by atoms with Crippen LogP contribution in [0.5, 0.6) is 5.88 Å². The van der Waals surface area contributed by atoms with Gasteiger partial charge in [0.15, 0.2) is 5.65 Å². The molecular formula is C20H16F2N4O4S. The smallest absolute Gasteiger partial charge is 0.251 e. The van der Waals surface area contributed by atoms with Gasteiger partial charge in [0.05, 0.1) is 23.6 Å². The standard InChI is InChI=1S/C20H16F2N4O4S/c1-2-30-17-5-4-13-19-11(9-24-20(13)25-17)3-6-18(27)26(19)10-14-15(21)7-12(8-16(14)22)31(23,28)29/h3-9H,2,10H2,1H3,(H2,23,28,29). The van der Waals surface area contributed by atoms with Crippen LogP contribution in [0.4, 0.5) is 8.78 Å². The third kappa shape index (κ3) is 3.84. The summed E-state index contributed by atoms with van der Waals surface area (Å²) in [5.74, 6) is -1.92. The molecule has 4 aromatic rings. The highest BCUT2D eigenvalue weighted by atomic mass is 32.2.